The summed E-state index contributed by atoms with van der Waals surface area (Å²) in [4.78, 5) is 0. The van der Waals surface area contributed by atoms with Gasteiger partial charge >= 0.3 is 0 Å². The Morgan fingerprint density at radius 2 is 1.60 bits per heavy atom. The highest BCUT2D eigenvalue weighted by atomic mass is 14.9. The number of rotatable bonds is 9. The number of nitrogens with one attached hydrogen (secondary N) is 1. The lowest BCUT2D eigenvalue weighted by atomic mass is 9.83. The van der Waals surface area contributed by atoms with E-state index in [4.69, 9.17) is 0 Å². The molecule has 0 amide bonds. The van der Waals surface area contributed by atoms with Gasteiger partial charge in [-0.15, -0.1) is 0 Å². The maximum absolute atomic E-state index is 3.82. The molecule has 0 saturated carbocycles. The van der Waals surface area contributed by atoms with Crippen LogP contribution < -0.4 is 5.32 Å². The van der Waals surface area contributed by atoms with Crippen LogP contribution in [0.1, 0.15) is 75.6 Å². The number of aryl methyl sites for hydroxylation is 1. The molecule has 0 radical (unpaired) electrons. The third kappa shape index (κ3) is 4.63. The van der Waals surface area contributed by atoms with Gasteiger partial charge in [0.05, 0.1) is 0 Å². The highest BCUT2D eigenvalue weighted by Gasteiger charge is 2.23. The Morgan fingerprint density at radius 1 is 0.950 bits per heavy atom. The molecule has 0 fully saturated rings. The first kappa shape index (κ1) is 17.2. The van der Waals surface area contributed by atoms with Crippen molar-refractivity contribution in [3.8, 4) is 0 Å². The second kappa shape index (κ2) is 9.18. The lowest BCUT2D eigenvalue weighted by Gasteiger charge is -2.30. The highest BCUT2D eigenvalue weighted by Crippen LogP contribution is 2.32. The zero-order chi connectivity index (χ0) is 15.0. The molecule has 0 aliphatic carbocycles. The standard InChI is InChI=1S/C19H33N/c1-6-10-17(11-7-2)19(20-14-8-3)18-13-9-12-15(4)16(18)5/h9,12-13,17,19-20H,6-8,10-11,14H2,1-5H3. The minimum Gasteiger partial charge on any atom is -0.310 e. The van der Waals surface area contributed by atoms with Crippen molar-refractivity contribution in [3.63, 3.8) is 0 Å². The van der Waals surface area contributed by atoms with Gasteiger partial charge in [0.15, 0.2) is 0 Å². The van der Waals surface area contributed by atoms with Crippen LogP contribution in [-0.2, 0) is 0 Å². The molecule has 0 aliphatic heterocycles. The van der Waals surface area contributed by atoms with Crippen LogP contribution in [0.3, 0.4) is 0 Å². The van der Waals surface area contributed by atoms with E-state index in [0.717, 1.165) is 12.5 Å². The molecular formula is C19H33N. The van der Waals surface area contributed by atoms with Crippen LogP contribution in [0.25, 0.3) is 0 Å². The first-order valence-corrected chi connectivity index (χ1v) is 8.45. The van der Waals surface area contributed by atoms with Crippen molar-refractivity contribution in [1.82, 2.24) is 5.32 Å². The van der Waals surface area contributed by atoms with Crippen LogP contribution in [-0.4, -0.2) is 6.54 Å². The topological polar surface area (TPSA) is 12.0 Å². The van der Waals surface area contributed by atoms with Gasteiger partial charge in [-0.3, -0.25) is 0 Å². The Morgan fingerprint density at radius 3 is 2.15 bits per heavy atom. The van der Waals surface area contributed by atoms with E-state index in [0.29, 0.717) is 6.04 Å². The van der Waals surface area contributed by atoms with Gasteiger partial charge in [-0.25, -0.2) is 0 Å². The largest absolute Gasteiger partial charge is 0.310 e. The molecule has 1 N–H and O–H groups in total. The van der Waals surface area contributed by atoms with Gasteiger partial charge in [0.25, 0.3) is 0 Å². The third-order valence-electron chi connectivity index (χ3n) is 4.39. The summed E-state index contributed by atoms with van der Waals surface area (Å²) in [7, 11) is 0. The Labute approximate surface area is 126 Å². The van der Waals surface area contributed by atoms with Gasteiger partial charge in [-0.1, -0.05) is 51.8 Å². The molecule has 0 aromatic heterocycles. The molecule has 20 heavy (non-hydrogen) atoms. The fraction of sp³-hybridized carbons (Fsp3) is 0.684. The molecule has 0 saturated heterocycles. The maximum atomic E-state index is 3.82. The molecule has 1 rings (SSSR count). The quantitative estimate of drug-likeness (QED) is 0.622. The van der Waals surface area contributed by atoms with Crippen molar-refractivity contribution in [1.29, 1.82) is 0 Å². The van der Waals surface area contributed by atoms with Gasteiger partial charge in [0.1, 0.15) is 0 Å². The SMILES string of the molecule is CCCNC(c1cccc(C)c1C)C(CCC)CCC. The predicted molar refractivity (Wildman–Crippen MR) is 90.3 cm³/mol. The van der Waals surface area contributed by atoms with E-state index in [-0.39, 0.29) is 0 Å². The van der Waals surface area contributed by atoms with E-state index in [1.165, 1.54) is 48.8 Å². The third-order valence-corrected chi connectivity index (χ3v) is 4.39. The van der Waals surface area contributed by atoms with E-state index in [1.54, 1.807) is 0 Å². The zero-order valence-corrected chi connectivity index (χ0v) is 14.1. The number of hydrogen-bond acceptors (Lipinski definition) is 1. The molecule has 0 bridgehead atoms. The first-order valence-electron chi connectivity index (χ1n) is 8.45. The minimum absolute atomic E-state index is 0.523. The summed E-state index contributed by atoms with van der Waals surface area (Å²) in [6.45, 7) is 12.5. The van der Waals surface area contributed by atoms with Crippen LogP contribution in [0.2, 0.25) is 0 Å². The average Bonchev–Trinajstić information content (AvgIpc) is 2.44. The molecular weight excluding hydrogens is 242 g/mol. The summed E-state index contributed by atoms with van der Waals surface area (Å²) in [5.41, 5.74) is 4.40. The molecule has 1 aromatic carbocycles. The number of hydrogen-bond donors (Lipinski definition) is 1. The molecule has 114 valence electrons. The van der Waals surface area contributed by atoms with Gasteiger partial charge in [-0.2, -0.15) is 0 Å². The summed E-state index contributed by atoms with van der Waals surface area (Å²) in [6.07, 6.45) is 6.40. The van der Waals surface area contributed by atoms with Crippen LogP contribution in [0.4, 0.5) is 0 Å². The van der Waals surface area contributed by atoms with Crippen LogP contribution >= 0.6 is 0 Å². The second-order valence-corrected chi connectivity index (χ2v) is 6.06. The van der Waals surface area contributed by atoms with Gasteiger partial charge in [0.2, 0.25) is 0 Å². The Bertz CT molecular complexity index is 377. The summed E-state index contributed by atoms with van der Waals surface area (Å²) in [5, 5.41) is 3.82. The highest BCUT2D eigenvalue weighted by molar-refractivity contribution is 5.35. The molecule has 1 atom stereocenters. The van der Waals surface area contributed by atoms with E-state index < -0.39 is 0 Å². The van der Waals surface area contributed by atoms with Crippen molar-refractivity contribution in [2.45, 2.75) is 72.8 Å². The van der Waals surface area contributed by atoms with Crippen LogP contribution in [0.15, 0.2) is 18.2 Å². The second-order valence-electron chi connectivity index (χ2n) is 6.06. The maximum Gasteiger partial charge on any atom is 0.0351 e. The van der Waals surface area contributed by atoms with Crippen molar-refractivity contribution in [2.24, 2.45) is 5.92 Å². The van der Waals surface area contributed by atoms with Crippen molar-refractivity contribution < 1.29 is 0 Å². The van der Waals surface area contributed by atoms with Crippen LogP contribution in [0.5, 0.6) is 0 Å². The molecule has 1 unspecified atom stereocenters. The molecule has 0 heterocycles. The van der Waals surface area contributed by atoms with E-state index in [1.807, 2.05) is 0 Å². The Hall–Kier alpha value is -0.820. The van der Waals surface area contributed by atoms with E-state index >= 15 is 0 Å². The normalized spacial score (nSPS) is 12.9. The molecule has 0 aliphatic rings. The summed E-state index contributed by atoms with van der Waals surface area (Å²) >= 11 is 0. The lowest BCUT2D eigenvalue weighted by Crippen LogP contribution is -2.30. The van der Waals surface area contributed by atoms with E-state index in [9.17, 15) is 0 Å². The van der Waals surface area contributed by atoms with Crippen molar-refractivity contribution in [3.05, 3.63) is 34.9 Å². The fourth-order valence-electron chi connectivity index (χ4n) is 3.16. The predicted octanol–water partition coefficient (Wildman–Crippen LogP) is 5.56. The fourth-order valence-corrected chi connectivity index (χ4v) is 3.16. The van der Waals surface area contributed by atoms with Gasteiger partial charge in [-0.05, 0) is 62.3 Å². The average molecular weight is 275 g/mol. The zero-order valence-electron chi connectivity index (χ0n) is 14.1. The summed E-state index contributed by atoms with van der Waals surface area (Å²) in [6, 6.07) is 7.29. The number of benzene rings is 1. The lowest BCUT2D eigenvalue weighted by molar-refractivity contribution is 0.315. The van der Waals surface area contributed by atoms with Crippen molar-refractivity contribution >= 4 is 0 Å². The summed E-state index contributed by atoms with van der Waals surface area (Å²) in [5.74, 6) is 0.761. The Balaban J connectivity index is 3.05. The molecule has 1 heteroatoms. The van der Waals surface area contributed by atoms with Gasteiger partial charge < -0.3 is 5.32 Å². The smallest absolute Gasteiger partial charge is 0.0351 e. The van der Waals surface area contributed by atoms with E-state index in [2.05, 4.69) is 58.1 Å². The Kier molecular flexibility index (Phi) is 7.91. The minimum atomic E-state index is 0.523. The van der Waals surface area contributed by atoms with Gasteiger partial charge in [0, 0.05) is 6.04 Å². The van der Waals surface area contributed by atoms with Crippen LogP contribution in [0, 0.1) is 19.8 Å². The molecule has 1 nitrogen and oxygen atoms in total. The van der Waals surface area contributed by atoms with Crippen molar-refractivity contribution in [2.75, 3.05) is 6.54 Å². The monoisotopic (exact) mass is 275 g/mol. The first-order chi connectivity index (χ1) is 9.65. The molecule has 0 spiro atoms. The molecule has 1 aromatic rings. The summed E-state index contributed by atoms with van der Waals surface area (Å²) < 4.78 is 0.